The minimum Gasteiger partial charge on any atom is -0.290 e. The second-order valence-electron chi connectivity index (χ2n) is 4.83. The van der Waals surface area contributed by atoms with Crippen LogP contribution in [-0.2, 0) is 0 Å². The van der Waals surface area contributed by atoms with Gasteiger partial charge in [0.1, 0.15) is 5.52 Å². The first-order valence-electron chi connectivity index (χ1n) is 6.58. The zero-order valence-corrected chi connectivity index (χ0v) is 11.5. The van der Waals surface area contributed by atoms with Gasteiger partial charge in [-0.3, -0.25) is 14.8 Å². The Labute approximate surface area is 122 Å². The summed E-state index contributed by atoms with van der Waals surface area (Å²) in [6, 6.07) is 9.45. The van der Waals surface area contributed by atoms with Crippen molar-refractivity contribution in [2.75, 3.05) is 0 Å². The molecule has 8 nitrogen and oxygen atoms in total. The molecule has 0 aliphatic carbocycles. The number of hydrogen-bond donors (Lipinski definition) is 2. The van der Waals surface area contributed by atoms with Crippen LogP contribution in [0, 0.1) is 6.92 Å². The van der Waals surface area contributed by atoms with Crippen molar-refractivity contribution >= 4 is 22.3 Å². The molecule has 4 rings (SSSR count). The molecule has 0 aliphatic rings. The van der Waals surface area contributed by atoms with Crippen LogP contribution in [0.4, 0.5) is 0 Å². The summed E-state index contributed by atoms with van der Waals surface area (Å²) >= 11 is 0. The minimum absolute atomic E-state index is 0.0859. The molecule has 0 bridgehead atoms. The van der Waals surface area contributed by atoms with E-state index in [4.69, 9.17) is 0 Å². The largest absolute Gasteiger partial charge is 0.327 e. The highest BCUT2D eigenvalue weighted by Gasteiger charge is 2.15. The summed E-state index contributed by atoms with van der Waals surface area (Å²) in [5.41, 5.74) is 1.52. The van der Waals surface area contributed by atoms with Gasteiger partial charge in [-0.2, -0.15) is 5.10 Å². The summed E-state index contributed by atoms with van der Waals surface area (Å²) in [7, 11) is 0. The smallest absolute Gasteiger partial charge is 0.290 e. The first-order chi connectivity index (χ1) is 10.6. The van der Waals surface area contributed by atoms with E-state index in [1.165, 1.54) is 0 Å². The van der Waals surface area contributed by atoms with Gasteiger partial charge in [-0.15, -0.1) is 0 Å². The van der Waals surface area contributed by atoms with Crippen molar-refractivity contribution in [1.29, 1.82) is 0 Å². The molecule has 0 atom stereocenters. The quantitative estimate of drug-likeness (QED) is 0.536. The lowest BCUT2D eigenvalue weighted by molar-refractivity contribution is 0.878. The lowest BCUT2D eigenvalue weighted by Gasteiger charge is -2.02. The third-order valence-electron chi connectivity index (χ3n) is 3.35. The molecule has 0 saturated heterocycles. The molecule has 0 aliphatic heterocycles. The maximum atomic E-state index is 11.8. The Balaban J connectivity index is 2.16. The molecule has 0 saturated carbocycles. The summed E-state index contributed by atoms with van der Waals surface area (Å²) in [4.78, 5) is 36.5. The first kappa shape index (κ1) is 12.5. The van der Waals surface area contributed by atoms with Crippen LogP contribution in [0.5, 0.6) is 0 Å². The summed E-state index contributed by atoms with van der Waals surface area (Å²) in [6.45, 7) is 1.79. The maximum absolute atomic E-state index is 11.8. The molecule has 0 unspecified atom stereocenters. The van der Waals surface area contributed by atoms with Crippen molar-refractivity contribution in [2.24, 2.45) is 0 Å². The molecular weight excluding hydrogens is 284 g/mol. The van der Waals surface area contributed by atoms with Crippen LogP contribution < -0.4 is 11.2 Å². The SMILES string of the molecule is Cc1nn(-c2ccccc2)c2nc3[nH]c(=O)[nH]c(=O)c3nc12. The van der Waals surface area contributed by atoms with Crippen LogP contribution in [0.3, 0.4) is 0 Å². The number of benzene rings is 1. The fourth-order valence-corrected chi connectivity index (χ4v) is 2.36. The fourth-order valence-electron chi connectivity index (χ4n) is 2.36. The van der Waals surface area contributed by atoms with E-state index in [1.54, 1.807) is 11.6 Å². The van der Waals surface area contributed by atoms with Gasteiger partial charge in [0, 0.05) is 0 Å². The van der Waals surface area contributed by atoms with E-state index >= 15 is 0 Å². The van der Waals surface area contributed by atoms with E-state index in [1.807, 2.05) is 30.3 Å². The number of nitrogens with zero attached hydrogens (tertiary/aromatic N) is 4. The van der Waals surface area contributed by atoms with Gasteiger partial charge in [0.15, 0.2) is 16.8 Å². The molecule has 8 heteroatoms. The standard InChI is InChI=1S/C14H10N6O2/c1-7-9-12(20(19-7)8-5-3-2-4-6-8)16-11-10(15-9)13(21)18-14(22)17-11/h2-6H,1H3,(H2,16,17,18,21,22). The number of H-pyrrole nitrogens is 2. The van der Waals surface area contributed by atoms with Crippen LogP contribution in [0.25, 0.3) is 28.0 Å². The highest BCUT2D eigenvalue weighted by atomic mass is 16.2. The third kappa shape index (κ3) is 1.74. The topological polar surface area (TPSA) is 109 Å². The van der Waals surface area contributed by atoms with E-state index in [0.29, 0.717) is 16.9 Å². The van der Waals surface area contributed by atoms with Crippen LogP contribution in [0.1, 0.15) is 5.69 Å². The summed E-state index contributed by atoms with van der Waals surface area (Å²) in [6.07, 6.45) is 0. The monoisotopic (exact) mass is 294 g/mol. The van der Waals surface area contributed by atoms with Gasteiger partial charge in [-0.25, -0.2) is 19.4 Å². The number of rotatable bonds is 1. The Morgan fingerprint density at radius 2 is 1.77 bits per heavy atom. The molecule has 0 fully saturated rings. The van der Waals surface area contributed by atoms with Gasteiger partial charge < -0.3 is 0 Å². The van der Waals surface area contributed by atoms with Gasteiger partial charge in [0.05, 0.1) is 11.4 Å². The summed E-state index contributed by atoms with van der Waals surface area (Å²) in [5.74, 6) is 0. The Hall–Kier alpha value is -3.29. The predicted molar refractivity (Wildman–Crippen MR) is 80.1 cm³/mol. The second kappa shape index (κ2) is 4.35. The van der Waals surface area contributed by atoms with E-state index in [2.05, 4.69) is 25.0 Å². The Morgan fingerprint density at radius 3 is 2.55 bits per heavy atom. The fraction of sp³-hybridized carbons (Fsp3) is 0.0714. The van der Waals surface area contributed by atoms with E-state index in [9.17, 15) is 9.59 Å². The predicted octanol–water partition coefficient (Wildman–Crippen LogP) is 0.654. The molecule has 3 aromatic heterocycles. The van der Waals surface area contributed by atoms with Crippen LogP contribution in [-0.4, -0.2) is 29.7 Å². The second-order valence-corrected chi connectivity index (χ2v) is 4.83. The Bertz CT molecular complexity index is 1120. The molecule has 3 heterocycles. The molecular formula is C14H10N6O2. The number of para-hydroxylation sites is 1. The molecule has 0 spiro atoms. The average molecular weight is 294 g/mol. The van der Waals surface area contributed by atoms with Crippen LogP contribution in [0.2, 0.25) is 0 Å². The van der Waals surface area contributed by atoms with Crippen molar-refractivity contribution in [3.8, 4) is 5.69 Å². The van der Waals surface area contributed by atoms with Crippen molar-refractivity contribution in [3.63, 3.8) is 0 Å². The number of nitrogens with one attached hydrogen (secondary N) is 2. The molecule has 2 N–H and O–H groups in total. The Morgan fingerprint density at radius 1 is 1.00 bits per heavy atom. The maximum Gasteiger partial charge on any atom is 0.327 e. The summed E-state index contributed by atoms with van der Waals surface area (Å²) < 4.78 is 1.64. The van der Waals surface area contributed by atoms with E-state index in [0.717, 1.165) is 5.69 Å². The molecule has 0 radical (unpaired) electrons. The van der Waals surface area contributed by atoms with Crippen LogP contribution in [0.15, 0.2) is 39.9 Å². The van der Waals surface area contributed by atoms with Crippen molar-refractivity contribution < 1.29 is 0 Å². The Kier molecular flexibility index (Phi) is 2.46. The highest BCUT2D eigenvalue weighted by Crippen LogP contribution is 2.19. The van der Waals surface area contributed by atoms with E-state index < -0.39 is 11.2 Å². The lowest BCUT2D eigenvalue weighted by atomic mass is 10.3. The van der Waals surface area contributed by atoms with E-state index in [-0.39, 0.29) is 11.2 Å². The lowest BCUT2D eigenvalue weighted by Crippen LogP contribution is -2.23. The third-order valence-corrected chi connectivity index (χ3v) is 3.35. The number of aromatic amines is 2. The van der Waals surface area contributed by atoms with Gasteiger partial charge in [0.25, 0.3) is 5.56 Å². The van der Waals surface area contributed by atoms with Gasteiger partial charge >= 0.3 is 5.69 Å². The normalized spacial score (nSPS) is 11.3. The number of hydrogen-bond acceptors (Lipinski definition) is 5. The zero-order chi connectivity index (χ0) is 15.3. The van der Waals surface area contributed by atoms with Gasteiger partial charge in [0.2, 0.25) is 0 Å². The molecule has 4 aromatic rings. The average Bonchev–Trinajstić information content (AvgIpc) is 2.83. The number of aryl methyl sites for hydroxylation is 1. The summed E-state index contributed by atoms with van der Waals surface area (Å²) in [5, 5.41) is 4.42. The zero-order valence-electron chi connectivity index (χ0n) is 11.5. The van der Waals surface area contributed by atoms with Gasteiger partial charge in [-0.05, 0) is 19.1 Å². The number of aromatic nitrogens is 6. The molecule has 1 aromatic carbocycles. The van der Waals surface area contributed by atoms with Crippen LogP contribution >= 0.6 is 0 Å². The van der Waals surface area contributed by atoms with Crippen molar-refractivity contribution in [3.05, 3.63) is 56.9 Å². The highest BCUT2D eigenvalue weighted by molar-refractivity contribution is 5.84. The first-order valence-corrected chi connectivity index (χ1v) is 6.58. The molecule has 0 amide bonds. The van der Waals surface area contributed by atoms with Gasteiger partial charge in [-0.1, -0.05) is 18.2 Å². The van der Waals surface area contributed by atoms with Crippen molar-refractivity contribution in [1.82, 2.24) is 29.7 Å². The van der Waals surface area contributed by atoms with Crippen molar-refractivity contribution in [2.45, 2.75) is 6.92 Å². The molecule has 22 heavy (non-hydrogen) atoms. The molecule has 108 valence electrons. The number of fused-ring (bicyclic) bond motifs is 2. The minimum atomic E-state index is -0.617.